The molecule has 0 amide bonds. The van der Waals surface area contributed by atoms with Gasteiger partial charge >= 0.3 is 0 Å². The molecule has 2 atom stereocenters. The molecule has 0 aliphatic heterocycles. The van der Waals surface area contributed by atoms with Crippen LogP contribution in [-0.2, 0) is 0 Å². The highest BCUT2D eigenvalue weighted by molar-refractivity contribution is 7.27. The number of hydrogen-bond acceptors (Lipinski definition) is 0. The molecule has 0 radical (unpaired) electrons. The zero-order valence-electron chi connectivity index (χ0n) is 9.77. The molecule has 0 fully saturated rings. The Morgan fingerprint density at radius 2 is 1.62 bits per heavy atom. The largest absolute Gasteiger partial charge is 0.106 e. The molecule has 1 aromatic carbocycles. The molecule has 0 N–H and O–H groups in total. The molecule has 84 valence electrons. The molecule has 1 aromatic rings. The van der Waals surface area contributed by atoms with E-state index in [9.17, 15) is 0 Å². The van der Waals surface area contributed by atoms with Gasteiger partial charge in [-0.3, -0.25) is 0 Å². The van der Waals surface area contributed by atoms with Crippen molar-refractivity contribution in [3.05, 3.63) is 59.4 Å². The molecule has 0 nitrogen and oxygen atoms in total. The van der Waals surface area contributed by atoms with E-state index in [-0.39, 0.29) is 0 Å². The van der Waals surface area contributed by atoms with Crippen molar-refractivity contribution in [3.63, 3.8) is 0 Å². The molecule has 2 heteroatoms. The summed E-state index contributed by atoms with van der Waals surface area (Å²) in [6.45, 7) is 4.09. The van der Waals surface area contributed by atoms with Crippen LogP contribution in [0.15, 0.2) is 53.9 Å². The second kappa shape index (κ2) is 6.79. The standard InChI is InChI=1S/C14H18P2/c1-3-11(5-8-13(15)4-2)12-6-9-14(16)10-7-12/h3-10H,15-16H2,1-2H3/b8-5-,11-3+,13-4-. The van der Waals surface area contributed by atoms with Crippen molar-refractivity contribution in [1.29, 1.82) is 0 Å². The van der Waals surface area contributed by atoms with E-state index in [4.69, 9.17) is 0 Å². The van der Waals surface area contributed by atoms with Crippen molar-refractivity contribution in [3.8, 4) is 0 Å². The van der Waals surface area contributed by atoms with Gasteiger partial charge in [-0.2, -0.15) is 0 Å². The SMILES string of the molecule is C/C=C(P)/C=C\C(=C/C)c1ccc(P)cc1. The van der Waals surface area contributed by atoms with Crippen molar-refractivity contribution < 1.29 is 0 Å². The van der Waals surface area contributed by atoms with Gasteiger partial charge in [-0.05, 0) is 35.6 Å². The van der Waals surface area contributed by atoms with Crippen molar-refractivity contribution in [2.24, 2.45) is 0 Å². The minimum absolute atomic E-state index is 1.20. The summed E-state index contributed by atoms with van der Waals surface area (Å²) in [7, 11) is 5.41. The first-order valence-electron chi connectivity index (χ1n) is 5.29. The number of rotatable bonds is 3. The topological polar surface area (TPSA) is 0 Å². The van der Waals surface area contributed by atoms with Gasteiger partial charge in [0.15, 0.2) is 0 Å². The fourth-order valence-electron chi connectivity index (χ4n) is 1.32. The van der Waals surface area contributed by atoms with Gasteiger partial charge in [0.1, 0.15) is 0 Å². The highest BCUT2D eigenvalue weighted by Gasteiger charge is 1.95. The van der Waals surface area contributed by atoms with Crippen LogP contribution in [0.2, 0.25) is 0 Å². The normalized spacial score (nSPS) is 13.5. The predicted molar refractivity (Wildman–Crippen MR) is 82.0 cm³/mol. The Morgan fingerprint density at radius 1 is 1.00 bits per heavy atom. The average molecular weight is 248 g/mol. The van der Waals surface area contributed by atoms with Gasteiger partial charge < -0.3 is 0 Å². The molecule has 0 aromatic heterocycles. The molecule has 0 aliphatic carbocycles. The van der Waals surface area contributed by atoms with Crippen molar-refractivity contribution in [1.82, 2.24) is 0 Å². The molecule has 0 bridgehead atoms. The molecule has 0 spiro atoms. The van der Waals surface area contributed by atoms with E-state index in [1.165, 1.54) is 21.8 Å². The smallest absolute Gasteiger partial charge is 0.0187 e. The predicted octanol–water partition coefficient (Wildman–Crippen LogP) is 3.93. The Kier molecular flexibility index (Phi) is 5.67. The monoisotopic (exact) mass is 248 g/mol. The molecule has 1 rings (SSSR count). The Bertz CT molecular complexity index is 423. The van der Waals surface area contributed by atoms with Gasteiger partial charge in [0.2, 0.25) is 0 Å². The molecular weight excluding hydrogens is 230 g/mol. The lowest BCUT2D eigenvalue weighted by Crippen LogP contribution is -1.89. The van der Waals surface area contributed by atoms with Crippen LogP contribution in [0.5, 0.6) is 0 Å². The van der Waals surface area contributed by atoms with E-state index in [2.05, 4.69) is 74.0 Å². The lowest BCUT2D eigenvalue weighted by atomic mass is 10.1. The van der Waals surface area contributed by atoms with Crippen LogP contribution in [0.3, 0.4) is 0 Å². The maximum Gasteiger partial charge on any atom is -0.0187 e. The van der Waals surface area contributed by atoms with Crippen molar-refractivity contribution in [2.45, 2.75) is 13.8 Å². The van der Waals surface area contributed by atoms with Crippen molar-refractivity contribution in [2.75, 3.05) is 0 Å². The summed E-state index contributed by atoms with van der Waals surface area (Å²) in [5.74, 6) is 0. The van der Waals surface area contributed by atoms with E-state index in [1.807, 2.05) is 6.92 Å². The van der Waals surface area contributed by atoms with E-state index in [0.717, 1.165) is 0 Å². The van der Waals surface area contributed by atoms with Crippen LogP contribution >= 0.6 is 18.5 Å². The van der Waals surface area contributed by atoms with E-state index in [0.29, 0.717) is 0 Å². The average Bonchev–Trinajstić information content (AvgIpc) is 2.31. The zero-order valence-corrected chi connectivity index (χ0v) is 12.1. The fourth-order valence-corrected chi connectivity index (χ4v) is 1.61. The summed E-state index contributed by atoms with van der Waals surface area (Å²) >= 11 is 0. The first-order valence-corrected chi connectivity index (χ1v) is 6.45. The highest BCUT2D eigenvalue weighted by atomic mass is 31.0. The van der Waals surface area contributed by atoms with Crippen LogP contribution in [0.25, 0.3) is 5.57 Å². The first kappa shape index (κ1) is 13.4. The minimum atomic E-state index is 1.20. The zero-order chi connectivity index (χ0) is 12.0. The fraction of sp³-hybridized carbons (Fsp3) is 0.143. The third-order valence-corrected chi connectivity index (χ3v) is 3.25. The van der Waals surface area contributed by atoms with Crippen LogP contribution in [0.1, 0.15) is 19.4 Å². The minimum Gasteiger partial charge on any atom is -0.106 e. The number of allylic oxidation sites excluding steroid dienone is 6. The summed E-state index contributed by atoms with van der Waals surface area (Å²) in [5.41, 5.74) is 2.49. The van der Waals surface area contributed by atoms with Crippen LogP contribution in [0.4, 0.5) is 0 Å². The van der Waals surface area contributed by atoms with Gasteiger partial charge in [0.25, 0.3) is 0 Å². The third-order valence-electron chi connectivity index (χ3n) is 2.34. The summed E-state index contributed by atoms with van der Waals surface area (Å²) < 4.78 is 0. The molecule has 2 unspecified atom stereocenters. The molecule has 0 saturated carbocycles. The molecule has 0 heterocycles. The Labute approximate surface area is 103 Å². The third kappa shape index (κ3) is 4.05. The molecule has 0 saturated heterocycles. The maximum atomic E-state index is 2.71. The lowest BCUT2D eigenvalue weighted by Gasteiger charge is -2.02. The van der Waals surface area contributed by atoms with E-state index >= 15 is 0 Å². The Hall–Kier alpha value is -0.700. The molecule has 16 heavy (non-hydrogen) atoms. The number of hydrogen-bond donors (Lipinski definition) is 0. The Balaban J connectivity index is 2.92. The van der Waals surface area contributed by atoms with Crippen LogP contribution in [0, 0.1) is 0 Å². The lowest BCUT2D eigenvalue weighted by molar-refractivity contribution is 1.61. The first-order chi connectivity index (χ1) is 7.67. The molecule has 0 aliphatic rings. The second-order valence-corrected chi connectivity index (χ2v) is 4.82. The van der Waals surface area contributed by atoms with Crippen LogP contribution in [-0.4, -0.2) is 0 Å². The summed E-state index contributed by atoms with van der Waals surface area (Å²) in [6, 6.07) is 8.49. The van der Waals surface area contributed by atoms with Gasteiger partial charge in [-0.25, -0.2) is 0 Å². The van der Waals surface area contributed by atoms with Gasteiger partial charge in [0, 0.05) is 0 Å². The summed E-state index contributed by atoms with van der Waals surface area (Å²) in [5, 5.41) is 2.41. The van der Waals surface area contributed by atoms with Gasteiger partial charge in [-0.1, -0.05) is 48.6 Å². The quantitative estimate of drug-likeness (QED) is 0.561. The van der Waals surface area contributed by atoms with Gasteiger partial charge in [0.05, 0.1) is 0 Å². The van der Waals surface area contributed by atoms with Crippen LogP contribution < -0.4 is 5.30 Å². The summed E-state index contributed by atoms with van der Waals surface area (Å²) in [4.78, 5) is 0. The number of benzene rings is 1. The second-order valence-electron chi connectivity index (χ2n) is 3.49. The maximum absolute atomic E-state index is 2.71. The Morgan fingerprint density at radius 3 is 2.12 bits per heavy atom. The molecular formula is C14H18P2. The van der Waals surface area contributed by atoms with E-state index in [1.54, 1.807) is 0 Å². The van der Waals surface area contributed by atoms with E-state index < -0.39 is 0 Å². The highest BCUT2D eigenvalue weighted by Crippen LogP contribution is 2.17. The van der Waals surface area contributed by atoms with Gasteiger partial charge in [-0.15, -0.1) is 18.5 Å². The summed E-state index contributed by atoms with van der Waals surface area (Å²) in [6.07, 6.45) is 8.44. The van der Waals surface area contributed by atoms with Crippen molar-refractivity contribution >= 4 is 29.4 Å².